The zero-order valence-corrected chi connectivity index (χ0v) is 19.6. The number of aromatic nitrogens is 2. The molecule has 9 nitrogen and oxygen atoms in total. The van der Waals surface area contributed by atoms with Crippen molar-refractivity contribution >= 4 is 23.7 Å². The van der Waals surface area contributed by atoms with Crippen LogP contribution in [0.5, 0.6) is 6.01 Å². The quantitative estimate of drug-likeness (QED) is 0.619. The Morgan fingerprint density at radius 2 is 2.18 bits per heavy atom. The third-order valence-electron chi connectivity index (χ3n) is 6.07. The van der Waals surface area contributed by atoms with Gasteiger partial charge < -0.3 is 19.7 Å². The van der Waals surface area contributed by atoms with E-state index < -0.39 is 0 Å². The van der Waals surface area contributed by atoms with Crippen molar-refractivity contribution in [2.24, 2.45) is 9.98 Å². The van der Waals surface area contributed by atoms with Gasteiger partial charge in [-0.2, -0.15) is 4.98 Å². The first-order chi connectivity index (χ1) is 16.6. The number of imidazole rings is 1. The van der Waals surface area contributed by atoms with Crippen LogP contribution in [-0.4, -0.2) is 72.0 Å². The zero-order valence-electron chi connectivity index (χ0n) is 19.6. The summed E-state index contributed by atoms with van der Waals surface area (Å²) in [4.78, 5) is 28.0. The van der Waals surface area contributed by atoms with Crippen molar-refractivity contribution in [2.75, 3.05) is 33.4 Å². The molecule has 1 fully saturated rings. The maximum absolute atomic E-state index is 12.7. The van der Waals surface area contributed by atoms with Crippen LogP contribution >= 0.6 is 0 Å². The van der Waals surface area contributed by atoms with Crippen molar-refractivity contribution in [1.29, 1.82) is 0 Å². The van der Waals surface area contributed by atoms with Crippen LogP contribution in [0.25, 0.3) is 5.57 Å². The van der Waals surface area contributed by atoms with Crippen LogP contribution in [0.1, 0.15) is 43.6 Å². The predicted octanol–water partition coefficient (Wildman–Crippen LogP) is 2.82. The van der Waals surface area contributed by atoms with E-state index in [4.69, 9.17) is 19.5 Å². The van der Waals surface area contributed by atoms with Crippen molar-refractivity contribution in [3.8, 4) is 6.01 Å². The zero-order chi connectivity index (χ0) is 23.9. The van der Waals surface area contributed by atoms with E-state index in [0.29, 0.717) is 51.0 Å². The molecule has 0 saturated carbocycles. The highest BCUT2D eigenvalue weighted by atomic mass is 19.1. The Labute approximate surface area is 198 Å². The molecule has 1 N–H and O–H groups in total. The molecule has 1 atom stereocenters. The fourth-order valence-corrected chi connectivity index (χ4v) is 4.47. The number of carbonyl (C=O) groups is 1. The molecular weight excluding hydrogens is 439 g/mol. The molecule has 1 aromatic rings. The molecule has 182 valence electrons. The molecule has 0 bridgehead atoms. The Morgan fingerprint density at radius 1 is 1.35 bits per heavy atom. The van der Waals surface area contributed by atoms with Crippen molar-refractivity contribution in [1.82, 2.24) is 19.8 Å². The number of guanidine groups is 1. The molecule has 1 unspecified atom stereocenters. The molecule has 1 amide bonds. The van der Waals surface area contributed by atoms with E-state index in [9.17, 15) is 9.18 Å². The highest BCUT2D eigenvalue weighted by Gasteiger charge is 2.31. The highest BCUT2D eigenvalue weighted by Crippen LogP contribution is 2.36. The van der Waals surface area contributed by atoms with E-state index in [1.54, 1.807) is 6.08 Å². The van der Waals surface area contributed by atoms with Gasteiger partial charge in [0.1, 0.15) is 19.3 Å². The summed E-state index contributed by atoms with van der Waals surface area (Å²) in [6.07, 6.45) is 11.5. The molecule has 34 heavy (non-hydrogen) atoms. The standard InChI is InChI=1S/C24H31FN6O3/c1-3-5-17(6-4-10-25)21-22(31-14-15-34-24(31)29-21)19-7-11-26-23(28-19)27-18-8-12-30(13-9-18)20(32)16-33-2/h3-6,10-11,18-19H,7-9,12-16H2,1-2H3,(H,27,28)/b5-3-,10-4+,17-6+. The van der Waals surface area contributed by atoms with Crippen LogP contribution in [0.2, 0.25) is 0 Å². The van der Waals surface area contributed by atoms with E-state index in [2.05, 4.69) is 14.9 Å². The van der Waals surface area contributed by atoms with Gasteiger partial charge in [-0.15, -0.1) is 0 Å². The molecule has 4 heterocycles. The number of piperidine rings is 1. The van der Waals surface area contributed by atoms with Crippen molar-refractivity contribution < 1.29 is 18.7 Å². The number of rotatable bonds is 7. The summed E-state index contributed by atoms with van der Waals surface area (Å²) >= 11 is 0. The SMILES string of the molecule is C\C=C/C(=C\C=C\F)c1nc2n(c1C1CC=NC(NC3CCN(C(=O)COC)CC3)=N1)CCO2. The van der Waals surface area contributed by atoms with Crippen molar-refractivity contribution in [2.45, 2.75) is 44.8 Å². The molecule has 3 aliphatic rings. The molecule has 0 spiro atoms. The summed E-state index contributed by atoms with van der Waals surface area (Å²) in [6, 6.07) is 0.558. The lowest BCUT2D eigenvalue weighted by Crippen LogP contribution is -2.47. The number of nitrogens with zero attached hydrogens (tertiary/aromatic N) is 5. The minimum Gasteiger partial charge on any atom is -0.463 e. The van der Waals surface area contributed by atoms with E-state index in [1.807, 2.05) is 30.2 Å². The average molecular weight is 471 g/mol. The van der Waals surface area contributed by atoms with Gasteiger partial charge in [0, 0.05) is 44.4 Å². The largest absolute Gasteiger partial charge is 0.463 e. The molecule has 1 aromatic heterocycles. The van der Waals surface area contributed by atoms with Crippen LogP contribution < -0.4 is 10.1 Å². The number of carbonyl (C=O) groups excluding carboxylic acids is 1. The number of nitrogens with one attached hydrogen (secondary N) is 1. The van der Waals surface area contributed by atoms with Crippen LogP contribution in [0.15, 0.2) is 40.6 Å². The molecule has 1 saturated heterocycles. The Kier molecular flexibility index (Phi) is 7.89. The summed E-state index contributed by atoms with van der Waals surface area (Å²) in [5, 5.41) is 3.45. The number of halogens is 1. The van der Waals surface area contributed by atoms with E-state index in [-0.39, 0.29) is 24.6 Å². The summed E-state index contributed by atoms with van der Waals surface area (Å²) < 4.78 is 25.4. The maximum atomic E-state index is 12.7. The molecule has 10 heteroatoms. The van der Waals surface area contributed by atoms with Gasteiger partial charge in [0.2, 0.25) is 11.9 Å². The van der Waals surface area contributed by atoms with Gasteiger partial charge >= 0.3 is 0 Å². The lowest BCUT2D eigenvalue weighted by molar-refractivity contribution is -0.136. The summed E-state index contributed by atoms with van der Waals surface area (Å²) in [5.41, 5.74) is 2.46. The number of methoxy groups -OCH3 is 1. The molecule has 3 aliphatic heterocycles. The Morgan fingerprint density at radius 3 is 2.91 bits per heavy atom. The van der Waals surface area contributed by atoms with Gasteiger partial charge in [-0.25, -0.2) is 14.4 Å². The van der Waals surface area contributed by atoms with Gasteiger partial charge in [0.25, 0.3) is 6.01 Å². The second-order valence-corrected chi connectivity index (χ2v) is 8.32. The molecule has 0 aliphatic carbocycles. The second kappa shape index (κ2) is 11.2. The van der Waals surface area contributed by atoms with E-state index in [0.717, 1.165) is 29.8 Å². The van der Waals surface area contributed by atoms with Gasteiger partial charge in [-0.05, 0) is 25.8 Å². The lowest BCUT2D eigenvalue weighted by atomic mass is 10.0. The lowest BCUT2D eigenvalue weighted by Gasteiger charge is -2.33. The van der Waals surface area contributed by atoms with Gasteiger partial charge in [0.15, 0.2) is 0 Å². The fraction of sp³-hybridized carbons (Fsp3) is 0.500. The first-order valence-electron chi connectivity index (χ1n) is 11.6. The molecular formula is C24H31FN6O3. The number of likely N-dealkylation sites (tertiary alicyclic amines) is 1. The molecule has 4 rings (SSSR count). The predicted molar refractivity (Wildman–Crippen MR) is 129 cm³/mol. The number of hydrogen-bond acceptors (Lipinski definition) is 7. The minimum absolute atomic E-state index is 0.0194. The van der Waals surface area contributed by atoms with Gasteiger partial charge in [-0.3, -0.25) is 9.36 Å². The van der Waals surface area contributed by atoms with Gasteiger partial charge in [-0.1, -0.05) is 18.2 Å². The number of aliphatic imine (C=N–C) groups is 2. The van der Waals surface area contributed by atoms with Crippen LogP contribution in [0.3, 0.4) is 0 Å². The third-order valence-corrected chi connectivity index (χ3v) is 6.07. The van der Waals surface area contributed by atoms with Crippen molar-refractivity contribution in [3.63, 3.8) is 0 Å². The fourth-order valence-electron chi connectivity index (χ4n) is 4.47. The second-order valence-electron chi connectivity index (χ2n) is 8.32. The normalized spacial score (nSPS) is 21.3. The van der Waals surface area contributed by atoms with E-state index in [1.165, 1.54) is 13.2 Å². The number of ether oxygens (including phenoxy) is 2. The number of fused-ring (bicyclic) bond motifs is 1. The van der Waals surface area contributed by atoms with Crippen molar-refractivity contribution in [3.05, 3.63) is 42.0 Å². The van der Waals surface area contributed by atoms with Gasteiger partial charge in [0.05, 0.1) is 24.3 Å². The van der Waals surface area contributed by atoms with Crippen LogP contribution in [0, 0.1) is 0 Å². The van der Waals surface area contributed by atoms with E-state index >= 15 is 0 Å². The average Bonchev–Trinajstić information content (AvgIpc) is 3.44. The van der Waals surface area contributed by atoms with Crippen LogP contribution in [-0.2, 0) is 16.1 Å². The minimum atomic E-state index is -0.190. The topological polar surface area (TPSA) is 93.3 Å². The third kappa shape index (κ3) is 5.27. The number of hydrogen-bond donors (Lipinski definition) is 1. The molecule has 0 aromatic carbocycles. The first-order valence-corrected chi connectivity index (χ1v) is 11.6. The molecule has 0 radical (unpaired) electrons. The summed E-state index contributed by atoms with van der Waals surface area (Å²) in [6.45, 7) is 4.64. The monoisotopic (exact) mass is 470 g/mol. The Bertz CT molecular complexity index is 1030. The highest BCUT2D eigenvalue weighted by molar-refractivity contribution is 5.90. The summed E-state index contributed by atoms with van der Waals surface area (Å²) in [5.74, 6) is 0.601. The number of allylic oxidation sites excluding steroid dienone is 5. The Hall–Kier alpha value is -3.27. The summed E-state index contributed by atoms with van der Waals surface area (Å²) in [7, 11) is 1.53. The number of amides is 1. The Balaban J connectivity index is 1.53. The maximum Gasteiger partial charge on any atom is 0.297 e. The first kappa shape index (κ1) is 23.9. The smallest absolute Gasteiger partial charge is 0.297 e. The van der Waals surface area contributed by atoms with Crippen LogP contribution in [0.4, 0.5) is 4.39 Å².